The molecule has 4 nitrogen and oxygen atoms in total. The van der Waals surface area contributed by atoms with E-state index in [1.165, 1.54) is 12.8 Å². The first-order valence-corrected chi connectivity index (χ1v) is 9.17. The highest BCUT2D eigenvalue weighted by molar-refractivity contribution is 5.66. The van der Waals surface area contributed by atoms with Crippen LogP contribution in [0.3, 0.4) is 0 Å². The van der Waals surface area contributed by atoms with Gasteiger partial charge in [-0.15, -0.1) is 0 Å². The first-order chi connectivity index (χ1) is 11.6. The van der Waals surface area contributed by atoms with Gasteiger partial charge in [0.2, 0.25) is 0 Å². The third-order valence-electron chi connectivity index (χ3n) is 3.98. The Balaban J connectivity index is 2.01. The van der Waals surface area contributed by atoms with E-state index in [1.54, 1.807) is 0 Å². The Kier molecular flexibility index (Phi) is 11.2. The number of carboxylic acids is 1. The van der Waals surface area contributed by atoms with Crippen molar-refractivity contribution in [3.8, 4) is 0 Å². The summed E-state index contributed by atoms with van der Waals surface area (Å²) in [4.78, 5) is 10.3. The summed E-state index contributed by atoms with van der Waals surface area (Å²) in [6.07, 6.45) is 20.0. The Hall–Kier alpha value is -1.39. The number of epoxide rings is 1. The molecule has 0 spiro atoms. The molecule has 3 unspecified atom stereocenters. The van der Waals surface area contributed by atoms with Crippen LogP contribution in [-0.2, 0) is 9.53 Å². The fourth-order valence-electron chi connectivity index (χ4n) is 2.44. The van der Waals surface area contributed by atoms with E-state index in [2.05, 4.69) is 25.2 Å². The van der Waals surface area contributed by atoms with Gasteiger partial charge in [-0.1, -0.05) is 62.6 Å². The van der Waals surface area contributed by atoms with E-state index in [0.717, 1.165) is 32.1 Å². The molecule has 1 fully saturated rings. The van der Waals surface area contributed by atoms with E-state index < -0.39 is 5.97 Å². The van der Waals surface area contributed by atoms with Crippen molar-refractivity contribution in [2.45, 2.75) is 83.0 Å². The highest BCUT2D eigenvalue weighted by Crippen LogP contribution is 2.27. The van der Waals surface area contributed by atoms with Gasteiger partial charge in [-0.05, 0) is 32.1 Å². The van der Waals surface area contributed by atoms with E-state index in [4.69, 9.17) is 9.84 Å². The van der Waals surface area contributed by atoms with Gasteiger partial charge in [0.25, 0.3) is 0 Å². The molecule has 0 aromatic rings. The molecule has 3 atom stereocenters. The van der Waals surface area contributed by atoms with Gasteiger partial charge in [0.15, 0.2) is 0 Å². The van der Waals surface area contributed by atoms with Gasteiger partial charge in [0, 0.05) is 6.42 Å². The van der Waals surface area contributed by atoms with Crippen LogP contribution in [0.4, 0.5) is 0 Å². The maximum atomic E-state index is 10.3. The van der Waals surface area contributed by atoms with Crippen molar-refractivity contribution in [2.75, 3.05) is 0 Å². The number of aliphatic hydroxyl groups excluding tert-OH is 1. The summed E-state index contributed by atoms with van der Waals surface area (Å²) in [6.45, 7) is 2.16. The predicted octanol–water partition coefficient (Wildman–Crippen LogP) is 4.40. The monoisotopic (exact) mass is 336 g/mol. The molecule has 1 aliphatic rings. The number of ether oxygens (including phenoxy) is 1. The van der Waals surface area contributed by atoms with Crippen LogP contribution in [0.2, 0.25) is 0 Å². The third kappa shape index (κ3) is 11.2. The number of hydrogen-bond donors (Lipinski definition) is 2. The third-order valence-corrected chi connectivity index (χ3v) is 3.98. The van der Waals surface area contributed by atoms with Crippen molar-refractivity contribution < 1.29 is 19.7 Å². The van der Waals surface area contributed by atoms with Crippen LogP contribution >= 0.6 is 0 Å². The predicted molar refractivity (Wildman–Crippen MR) is 97.0 cm³/mol. The van der Waals surface area contributed by atoms with E-state index in [0.29, 0.717) is 6.42 Å². The zero-order chi connectivity index (χ0) is 17.6. The van der Waals surface area contributed by atoms with Crippen molar-refractivity contribution in [1.82, 2.24) is 0 Å². The summed E-state index contributed by atoms with van der Waals surface area (Å²) in [7, 11) is 0. The Bertz CT molecular complexity index is 425. The maximum Gasteiger partial charge on any atom is 0.303 e. The number of unbranched alkanes of at least 4 members (excludes halogenated alkanes) is 3. The summed E-state index contributed by atoms with van der Waals surface area (Å²) in [5.41, 5.74) is 0. The highest BCUT2D eigenvalue weighted by Gasteiger charge is 2.34. The molecular formula is C20H32O4. The second kappa shape index (κ2) is 13.0. The molecule has 2 N–H and O–H groups in total. The van der Waals surface area contributed by atoms with Crippen LogP contribution in [0.25, 0.3) is 0 Å². The zero-order valence-electron chi connectivity index (χ0n) is 14.8. The fraction of sp³-hybridized carbons (Fsp3) is 0.650. The van der Waals surface area contributed by atoms with Gasteiger partial charge >= 0.3 is 5.97 Å². The van der Waals surface area contributed by atoms with Gasteiger partial charge in [-0.2, -0.15) is 0 Å². The second-order valence-corrected chi connectivity index (χ2v) is 6.29. The number of carbonyl (C=O) groups is 1. The molecule has 24 heavy (non-hydrogen) atoms. The fourth-order valence-corrected chi connectivity index (χ4v) is 2.44. The number of hydrogen-bond acceptors (Lipinski definition) is 3. The largest absolute Gasteiger partial charge is 0.481 e. The highest BCUT2D eigenvalue weighted by atomic mass is 16.6. The average molecular weight is 336 g/mol. The van der Waals surface area contributed by atoms with E-state index in [9.17, 15) is 9.90 Å². The topological polar surface area (TPSA) is 70.1 Å². The van der Waals surface area contributed by atoms with E-state index >= 15 is 0 Å². The van der Waals surface area contributed by atoms with Crippen molar-refractivity contribution in [3.05, 3.63) is 36.5 Å². The Morgan fingerprint density at radius 2 is 1.96 bits per heavy atom. The standard InChI is InChI=1S/C20H32O4/c1-2-3-9-12-17(21)15-16-19-18(24-19)13-10-7-5-4-6-8-11-14-20(22)23/h4,6-7,10,15-19,21H,2-3,5,8-9,11-14H2,1H3,(H,22,23)/b6-4+,10-7+,16-15+. The van der Waals surface area contributed by atoms with E-state index in [-0.39, 0.29) is 24.7 Å². The first-order valence-electron chi connectivity index (χ1n) is 9.17. The van der Waals surface area contributed by atoms with E-state index in [1.807, 2.05) is 18.2 Å². The number of aliphatic hydroxyl groups is 1. The molecule has 0 aromatic carbocycles. The van der Waals surface area contributed by atoms with Gasteiger partial charge in [0.1, 0.15) is 6.10 Å². The van der Waals surface area contributed by atoms with Crippen molar-refractivity contribution in [1.29, 1.82) is 0 Å². The van der Waals surface area contributed by atoms with Crippen LogP contribution in [0.15, 0.2) is 36.5 Å². The van der Waals surface area contributed by atoms with Crippen LogP contribution in [0.5, 0.6) is 0 Å². The minimum Gasteiger partial charge on any atom is -0.481 e. The normalized spacial score (nSPS) is 21.9. The Morgan fingerprint density at radius 1 is 1.17 bits per heavy atom. The molecule has 1 aliphatic heterocycles. The SMILES string of the molecule is CCCCCC(O)/C=C/C1OC1C/C=C/C/C=C/CCCC(=O)O. The number of allylic oxidation sites excluding steroid dienone is 3. The van der Waals surface area contributed by atoms with Crippen LogP contribution in [0.1, 0.15) is 64.7 Å². The number of rotatable bonds is 14. The molecule has 136 valence electrons. The van der Waals surface area contributed by atoms with Crippen LogP contribution in [-0.4, -0.2) is 34.5 Å². The minimum absolute atomic E-state index is 0.155. The molecule has 1 heterocycles. The average Bonchev–Trinajstić information content (AvgIpc) is 3.30. The molecule has 0 bridgehead atoms. The summed E-state index contributed by atoms with van der Waals surface area (Å²) in [5, 5.41) is 18.3. The molecule has 0 amide bonds. The van der Waals surface area contributed by atoms with Crippen LogP contribution < -0.4 is 0 Å². The lowest BCUT2D eigenvalue weighted by atomic mass is 10.1. The van der Waals surface area contributed by atoms with Gasteiger partial charge < -0.3 is 14.9 Å². The molecule has 0 aromatic heterocycles. The molecule has 4 heteroatoms. The quantitative estimate of drug-likeness (QED) is 0.280. The number of aliphatic carboxylic acids is 1. The molecule has 1 saturated heterocycles. The van der Waals surface area contributed by atoms with Gasteiger partial charge in [-0.3, -0.25) is 4.79 Å². The minimum atomic E-state index is -0.732. The van der Waals surface area contributed by atoms with Crippen LogP contribution in [0, 0.1) is 0 Å². The van der Waals surface area contributed by atoms with Crippen molar-refractivity contribution in [3.63, 3.8) is 0 Å². The molecule has 0 radical (unpaired) electrons. The van der Waals surface area contributed by atoms with Gasteiger partial charge in [-0.25, -0.2) is 0 Å². The lowest BCUT2D eigenvalue weighted by Gasteiger charge is -2.03. The second-order valence-electron chi connectivity index (χ2n) is 6.29. The first kappa shape index (κ1) is 20.7. The van der Waals surface area contributed by atoms with Crippen molar-refractivity contribution in [2.24, 2.45) is 0 Å². The molecule has 0 aliphatic carbocycles. The summed E-state index contributed by atoms with van der Waals surface area (Å²) in [5.74, 6) is -0.732. The van der Waals surface area contributed by atoms with Crippen molar-refractivity contribution >= 4 is 5.97 Å². The smallest absolute Gasteiger partial charge is 0.303 e. The molecular weight excluding hydrogens is 304 g/mol. The lowest BCUT2D eigenvalue weighted by Crippen LogP contribution is -2.02. The molecule has 1 rings (SSSR count). The Labute approximate surface area is 145 Å². The summed E-state index contributed by atoms with van der Waals surface area (Å²) < 4.78 is 5.55. The maximum absolute atomic E-state index is 10.3. The zero-order valence-corrected chi connectivity index (χ0v) is 14.8. The number of carboxylic acid groups (broad SMARTS) is 1. The molecule has 0 saturated carbocycles. The lowest BCUT2D eigenvalue weighted by molar-refractivity contribution is -0.137. The summed E-state index contributed by atoms with van der Waals surface area (Å²) >= 11 is 0. The van der Waals surface area contributed by atoms with Gasteiger partial charge in [0.05, 0.1) is 12.2 Å². The Morgan fingerprint density at radius 3 is 2.71 bits per heavy atom. The summed E-state index contributed by atoms with van der Waals surface area (Å²) in [6, 6.07) is 0.